The maximum Gasteiger partial charge on any atom is 0.134 e. The first-order chi connectivity index (χ1) is 10.2. The molecule has 0 aromatic carbocycles. The molecular formula is C15H25N5O. The first kappa shape index (κ1) is 14.5. The van der Waals surface area contributed by atoms with Crippen LogP contribution in [0.1, 0.15) is 24.2 Å². The van der Waals surface area contributed by atoms with E-state index >= 15 is 0 Å². The van der Waals surface area contributed by atoms with Crippen molar-refractivity contribution in [3.63, 3.8) is 0 Å². The molecule has 0 bridgehead atoms. The zero-order chi connectivity index (χ0) is 14.8. The summed E-state index contributed by atoms with van der Waals surface area (Å²) in [5.74, 6) is 2.56. The van der Waals surface area contributed by atoms with Gasteiger partial charge in [0.25, 0.3) is 0 Å². The highest BCUT2D eigenvalue weighted by molar-refractivity contribution is 5.56. The number of morpholine rings is 1. The van der Waals surface area contributed by atoms with E-state index in [0.717, 1.165) is 42.7 Å². The Morgan fingerprint density at radius 2 is 2.10 bits per heavy atom. The summed E-state index contributed by atoms with van der Waals surface area (Å²) >= 11 is 0. The average Bonchev–Trinajstić information content (AvgIpc) is 2.95. The van der Waals surface area contributed by atoms with Crippen LogP contribution in [0.25, 0.3) is 0 Å². The van der Waals surface area contributed by atoms with Gasteiger partial charge in [0.2, 0.25) is 0 Å². The quantitative estimate of drug-likeness (QED) is 0.874. The fraction of sp³-hybridized carbons (Fsp3) is 0.733. The van der Waals surface area contributed by atoms with Crippen molar-refractivity contribution in [2.75, 3.05) is 43.9 Å². The third-order valence-corrected chi connectivity index (χ3v) is 4.45. The van der Waals surface area contributed by atoms with Gasteiger partial charge in [-0.25, -0.2) is 9.97 Å². The zero-order valence-corrected chi connectivity index (χ0v) is 13.1. The van der Waals surface area contributed by atoms with Crippen molar-refractivity contribution < 1.29 is 4.74 Å². The Morgan fingerprint density at radius 3 is 2.90 bits per heavy atom. The monoisotopic (exact) mass is 291 g/mol. The highest BCUT2D eigenvalue weighted by Crippen LogP contribution is 2.23. The lowest BCUT2D eigenvalue weighted by atomic mass is 10.2. The van der Waals surface area contributed by atoms with Gasteiger partial charge in [-0.05, 0) is 33.2 Å². The lowest BCUT2D eigenvalue weighted by Crippen LogP contribution is -2.48. The summed E-state index contributed by atoms with van der Waals surface area (Å²) in [5, 5.41) is 6.55. The SMILES string of the molecule is CNc1nc(C)nc(NCC2CN3CCCC3CO2)c1C. The number of ether oxygens (including phenoxy) is 1. The summed E-state index contributed by atoms with van der Waals surface area (Å²) in [5.41, 5.74) is 1.05. The Hall–Kier alpha value is -1.40. The summed E-state index contributed by atoms with van der Waals surface area (Å²) in [4.78, 5) is 11.5. The number of anilines is 2. The van der Waals surface area contributed by atoms with Crippen LogP contribution in [0.5, 0.6) is 0 Å². The molecule has 2 atom stereocenters. The van der Waals surface area contributed by atoms with E-state index in [0.29, 0.717) is 6.04 Å². The number of fused-ring (bicyclic) bond motifs is 1. The van der Waals surface area contributed by atoms with Crippen molar-refractivity contribution in [1.82, 2.24) is 14.9 Å². The molecule has 6 heteroatoms. The molecule has 0 saturated carbocycles. The number of nitrogens with one attached hydrogen (secondary N) is 2. The molecule has 3 rings (SSSR count). The van der Waals surface area contributed by atoms with Crippen molar-refractivity contribution in [1.29, 1.82) is 0 Å². The van der Waals surface area contributed by atoms with Crippen LogP contribution in [0.2, 0.25) is 0 Å². The predicted molar refractivity (Wildman–Crippen MR) is 83.9 cm³/mol. The smallest absolute Gasteiger partial charge is 0.134 e. The molecule has 1 aromatic rings. The second kappa shape index (κ2) is 6.15. The standard InChI is InChI=1S/C15H25N5O/c1-10-14(16-3)18-11(2)19-15(10)17-7-13-8-20-6-4-5-12(20)9-21-13/h12-13H,4-9H2,1-3H3,(H2,16,17,18,19). The third-order valence-electron chi connectivity index (χ3n) is 4.45. The normalized spacial score (nSPS) is 25.7. The summed E-state index contributed by atoms with van der Waals surface area (Å²) in [7, 11) is 1.89. The highest BCUT2D eigenvalue weighted by atomic mass is 16.5. The number of hydrogen-bond donors (Lipinski definition) is 2. The summed E-state index contributed by atoms with van der Waals surface area (Å²) in [6.07, 6.45) is 2.84. The maximum atomic E-state index is 5.98. The van der Waals surface area contributed by atoms with Gasteiger partial charge < -0.3 is 15.4 Å². The van der Waals surface area contributed by atoms with Crippen LogP contribution in [0.4, 0.5) is 11.6 Å². The van der Waals surface area contributed by atoms with E-state index in [2.05, 4.69) is 25.5 Å². The molecule has 2 fully saturated rings. The molecule has 0 spiro atoms. The van der Waals surface area contributed by atoms with Crippen LogP contribution in [-0.2, 0) is 4.74 Å². The molecule has 0 aliphatic carbocycles. The average molecular weight is 291 g/mol. The van der Waals surface area contributed by atoms with Gasteiger partial charge in [-0.1, -0.05) is 0 Å². The van der Waals surface area contributed by atoms with E-state index in [1.165, 1.54) is 19.4 Å². The molecule has 21 heavy (non-hydrogen) atoms. The molecule has 0 radical (unpaired) electrons. The van der Waals surface area contributed by atoms with Gasteiger partial charge in [-0.2, -0.15) is 0 Å². The maximum absolute atomic E-state index is 5.98. The van der Waals surface area contributed by atoms with E-state index in [-0.39, 0.29) is 6.10 Å². The fourth-order valence-electron chi connectivity index (χ4n) is 3.26. The van der Waals surface area contributed by atoms with Crippen LogP contribution in [0, 0.1) is 13.8 Å². The van der Waals surface area contributed by atoms with Gasteiger partial charge in [-0.15, -0.1) is 0 Å². The van der Waals surface area contributed by atoms with E-state index in [4.69, 9.17) is 4.74 Å². The molecule has 2 aliphatic heterocycles. The van der Waals surface area contributed by atoms with E-state index < -0.39 is 0 Å². The van der Waals surface area contributed by atoms with Crippen LogP contribution in [-0.4, -0.2) is 60.3 Å². The number of rotatable bonds is 4. The highest BCUT2D eigenvalue weighted by Gasteiger charge is 2.32. The third kappa shape index (κ3) is 3.11. The van der Waals surface area contributed by atoms with E-state index in [9.17, 15) is 0 Å². The minimum absolute atomic E-state index is 0.243. The fourth-order valence-corrected chi connectivity index (χ4v) is 3.26. The molecule has 116 valence electrons. The molecule has 0 amide bonds. The largest absolute Gasteiger partial charge is 0.373 e. The van der Waals surface area contributed by atoms with E-state index in [1.54, 1.807) is 0 Å². The lowest BCUT2D eigenvalue weighted by Gasteiger charge is -2.35. The van der Waals surface area contributed by atoms with Crippen molar-refractivity contribution in [3.8, 4) is 0 Å². The van der Waals surface area contributed by atoms with E-state index in [1.807, 2.05) is 20.9 Å². The van der Waals surface area contributed by atoms with Gasteiger partial charge in [-0.3, -0.25) is 4.90 Å². The molecule has 6 nitrogen and oxygen atoms in total. The van der Waals surface area contributed by atoms with Crippen LogP contribution in [0.15, 0.2) is 0 Å². The topological polar surface area (TPSA) is 62.3 Å². The molecule has 2 aliphatic rings. The summed E-state index contributed by atoms with van der Waals surface area (Å²) < 4.78 is 5.98. The predicted octanol–water partition coefficient (Wildman–Crippen LogP) is 1.41. The first-order valence-electron chi connectivity index (χ1n) is 7.80. The Bertz CT molecular complexity index is 507. The Labute approximate surface area is 126 Å². The van der Waals surface area contributed by atoms with Crippen molar-refractivity contribution in [3.05, 3.63) is 11.4 Å². The van der Waals surface area contributed by atoms with Crippen LogP contribution >= 0.6 is 0 Å². The van der Waals surface area contributed by atoms with Crippen molar-refractivity contribution in [2.45, 2.75) is 38.8 Å². The number of aryl methyl sites for hydroxylation is 1. The number of aromatic nitrogens is 2. The Kier molecular flexibility index (Phi) is 4.26. The molecule has 1 aromatic heterocycles. The molecule has 3 heterocycles. The van der Waals surface area contributed by atoms with Gasteiger partial charge in [0.05, 0.1) is 12.7 Å². The second-order valence-corrected chi connectivity index (χ2v) is 5.97. The van der Waals surface area contributed by atoms with Crippen LogP contribution < -0.4 is 10.6 Å². The Morgan fingerprint density at radius 1 is 1.29 bits per heavy atom. The minimum atomic E-state index is 0.243. The second-order valence-electron chi connectivity index (χ2n) is 5.97. The summed E-state index contributed by atoms with van der Waals surface area (Å²) in [6.45, 7) is 7.86. The van der Waals surface area contributed by atoms with Gasteiger partial charge >= 0.3 is 0 Å². The van der Waals surface area contributed by atoms with Crippen molar-refractivity contribution >= 4 is 11.6 Å². The molecule has 2 N–H and O–H groups in total. The Balaban J connectivity index is 1.61. The first-order valence-corrected chi connectivity index (χ1v) is 7.80. The molecule has 2 unspecified atom stereocenters. The van der Waals surface area contributed by atoms with Crippen molar-refractivity contribution in [2.24, 2.45) is 0 Å². The van der Waals surface area contributed by atoms with Gasteiger partial charge in [0.15, 0.2) is 0 Å². The molecule has 2 saturated heterocycles. The van der Waals surface area contributed by atoms with Crippen LogP contribution in [0.3, 0.4) is 0 Å². The van der Waals surface area contributed by atoms with Gasteiger partial charge in [0.1, 0.15) is 17.5 Å². The number of nitrogens with zero attached hydrogens (tertiary/aromatic N) is 3. The van der Waals surface area contributed by atoms with Gasteiger partial charge in [0, 0.05) is 31.7 Å². The number of hydrogen-bond acceptors (Lipinski definition) is 6. The zero-order valence-electron chi connectivity index (χ0n) is 13.1. The minimum Gasteiger partial charge on any atom is -0.373 e. The molecular weight excluding hydrogens is 266 g/mol. The summed E-state index contributed by atoms with van der Waals surface area (Å²) in [6, 6.07) is 0.653. The lowest BCUT2D eigenvalue weighted by molar-refractivity contribution is -0.0416.